The van der Waals surface area contributed by atoms with Crippen molar-refractivity contribution in [3.63, 3.8) is 0 Å². The molecule has 1 aromatic carbocycles. The minimum absolute atomic E-state index is 0.00338. The molecule has 3 heterocycles. The minimum atomic E-state index is -0.858. The summed E-state index contributed by atoms with van der Waals surface area (Å²) < 4.78 is 18.4. The molecule has 0 fully saturated rings. The summed E-state index contributed by atoms with van der Waals surface area (Å²) in [5, 5.41) is 11.7. The summed E-state index contributed by atoms with van der Waals surface area (Å²) >= 11 is 1.23. The number of aliphatic hydroxyl groups excluding tert-OH is 1. The van der Waals surface area contributed by atoms with Gasteiger partial charge in [0.25, 0.3) is 5.91 Å². The Bertz CT molecular complexity index is 1290. The van der Waals surface area contributed by atoms with Crippen LogP contribution in [0.15, 0.2) is 42.2 Å². The highest BCUT2D eigenvalue weighted by molar-refractivity contribution is 7.14. The highest BCUT2D eigenvalue weighted by Crippen LogP contribution is 2.46. The number of ketones is 1. The van der Waals surface area contributed by atoms with Gasteiger partial charge >= 0.3 is 0 Å². The number of aliphatic hydroxyl groups is 1. The number of carbonyl (C=O) groups excluding carboxylic acids is 2. The number of benzene rings is 1. The summed E-state index contributed by atoms with van der Waals surface area (Å²) in [5.74, 6) is -0.468. The number of methoxy groups -OCH3 is 3. The summed E-state index contributed by atoms with van der Waals surface area (Å²) in [5.41, 5.74) is 1.10. The van der Waals surface area contributed by atoms with E-state index in [0.29, 0.717) is 52.9 Å². The molecule has 190 valence electrons. The number of aromatic nitrogens is 3. The smallest absolute Gasteiger partial charge is 0.290 e. The summed E-state index contributed by atoms with van der Waals surface area (Å²) in [4.78, 5) is 37.3. The maximum absolute atomic E-state index is 13.7. The molecule has 1 N–H and O–H groups in total. The largest absolute Gasteiger partial charge is 0.503 e. The molecule has 0 saturated heterocycles. The molecule has 36 heavy (non-hydrogen) atoms. The number of aryl methyl sites for hydroxylation is 3. The van der Waals surface area contributed by atoms with E-state index in [1.165, 1.54) is 37.6 Å². The molecule has 10 nitrogen and oxygen atoms in total. The summed E-state index contributed by atoms with van der Waals surface area (Å²) in [7, 11) is 4.48. The third-order valence-electron chi connectivity index (χ3n) is 6.04. The zero-order valence-electron chi connectivity index (χ0n) is 20.8. The minimum Gasteiger partial charge on any atom is -0.503 e. The molecule has 1 atom stereocenters. The maximum Gasteiger partial charge on any atom is 0.290 e. The Kier molecular flexibility index (Phi) is 7.30. The van der Waals surface area contributed by atoms with E-state index in [2.05, 4.69) is 9.97 Å². The zero-order chi connectivity index (χ0) is 26.0. The molecule has 0 aliphatic carbocycles. The molecule has 1 aliphatic heterocycles. The van der Waals surface area contributed by atoms with Gasteiger partial charge in [-0.3, -0.25) is 9.59 Å². The van der Waals surface area contributed by atoms with Crippen LogP contribution in [0.4, 0.5) is 0 Å². The molecule has 11 heteroatoms. The lowest BCUT2D eigenvalue weighted by Gasteiger charge is -2.28. The second-order valence-corrected chi connectivity index (χ2v) is 9.46. The number of rotatable bonds is 10. The Hall–Kier alpha value is -3.86. The van der Waals surface area contributed by atoms with E-state index in [1.54, 1.807) is 31.6 Å². The number of imidazole rings is 1. The van der Waals surface area contributed by atoms with Crippen molar-refractivity contribution < 1.29 is 28.9 Å². The normalized spacial score (nSPS) is 15.5. The zero-order valence-corrected chi connectivity index (χ0v) is 21.6. The van der Waals surface area contributed by atoms with Gasteiger partial charge in [-0.25, -0.2) is 9.97 Å². The van der Waals surface area contributed by atoms with Crippen LogP contribution in [0, 0.1) is 13.8 Å². The van der Waals surface area contributed by atoms with Gasteiger partial charge in [0.2, 0.25) is 11.5 Å². The summed E-state index contributed by atoms with van der Waals surface area (Å²) in [6.07, 6.45) is 5.80. The standard InChI is InChI=1S/C25H28N4O6S/c1-14-24(36-15(2)27-14)21(30)19-20(16-11-17(33-3)23(35-5)18(12-16)34-4)29(25(32)22(19)31)9-6-8-28-10-7-26-13-28/h7,10-13,20,31H,6,8-9H2,1-5H3/t20-/m0/s1. The molecular weight excluding hydrogens is 484 g/mol. The van der Waals surface area contributed by atoms with Crippen LogP contribution in [-0.2, 0) is 11.3 Å². The molecule has 2 aromatic heterocycles. The number of carbonyl (C=O) groups is 2. The van der Waals surface area contributed by atoms with E-state index in [0.717, 1.165) is 5.01 Å². The monoisotopic (exact) mass is 512 g/mol. The Labute approximate surface area is 212 Å². The fraction of sp³-hybridized carbons (Fsp3) is 0.360. The first-order valence-electron chi connectivity index (χ1n) is 11.3. The van der Waals surface area contributed by atoms with Crippen molar-refractivity contribution in [2.75, 3.05) is 27.9 Å². The average Bonchev–Trinajstić information content (AvgIpc) is 3.57. The SMILES string of the molecule is COc1cc([C@H]2C(C(=O)c3sc(C)nc3C)=C(O)C(=O)N2CCCn2ccnc2)cc(OC)c1OC. The number of ether oxygens (including phenoxy) is 3. The lowest BCUT2D eigenvalue weighted by atomic mass is 9.94. The van der Waals surface area contributed by atoms with Crippen molar-refractivity contribution in [1.29, 1.82) is 0 Å². The first-order chi connectivity index (χ1) is 17.3. The molecule has 0 unspecified atom stereocenters. The number of Topliss-reactive ketones (excluding diaryl/α,β-unsaturated/α-hetero) is 1. The van der Waals surface area contributed by atoms with Crippen LogP contribution in [0.25, 0.3) is 0 Å². The molecule has 1 amide bonds. The highest BCUT2D eigenvalue weighted by atomic mass is 32.1. The van der Waals surface area contributed by atoms with Crippen LogP contribution < -0.4 is 14.2 Å². The van der Waals surface area contributed by atoms with E-state index >= 15 is 0 Å². The van der Waals surface area contributed by atoms with Gasteiger partial charge in [0, 0.05) is 25.5 Å². The maximum atomic E-state index is 13.7. The van der Waals surface area contributed by atoms with Gasteiger partial charge < -0.3 is 28.8 Å². The van der Waals surface area contributed by atoms with Crippen molar-refractivity contribution in [1.82, 2.24) is 19.4 Å². The summed E-state index contributed by atoms with van der Waals surface area (Å²) in [6.45, 7) is 4.45. The van der Waals surface area contributed by atoms with Crippen LogP contribution in [0.5, 0.6) is 17.2 Å². The molecule has 0 saturated carbocycles. The third-order valence-corrected chi connectivity index (χ3v) is 7.11. The Morgan fingerprint density at radius 2 is 1.81 bits per heavy atom. The van der Waals surface area contributed by atoms with Crippen LogP contribution in [0.1, 0.15) is 38.4 Å². The van der Waals surface area contributed by atoms with Crippen LogP contribution in [-0.4, -0.2) is 64.1 Å². The number of nitrogens with zero attached hydrogens (tertiary/aromatic N) is 4. The molecular formula is C25H28N4O6S. The van der Waals surface area contributed by atoms with Crippen molar-refractivity contribution in [2.24, 2.45) is 0 Å². The quantitative estimate of drug-likeness (QED) is 0.409. The predicted molar refractivity (Wildman–Crippen MR) is 133 cm³/mol. The van der Waals surface area contributed by atoms with Crippen LogP contribution >= 0.6 is 11.3 Å². The lowest BCUT2D eigenvalue weighted by molar-refractivity contribution is -0.129. The number of thiazole rings is 1. The Balaban J connectivity index is 1.80. The van der Waals surface area contributed by atoms with Crippen LogP contribution in [0.3, 0.4) is 0 Å². The third kappa shape index (κ3) is 4.53. The fourth-order valence-electron chi connectivity index (χ4n) is 4.43. The number of hydrogen-bond donors (Lipinski definition) is 1. The van der Waals surface area contributed by atoms with Gasteiger partial charge in [-0.05, 0) is 38.0 Å². The van der Waals surface area contributed by atoms with Crippen molar-refractivity contribution in [2.45, 2.75) is 32.9 Å². The van der Waals surface area contributed by atoms with Gasteiger partial charge in [0.1, 0.15) is 0 Å². The molecule has 3 aromatic rings. The van der Waals surface area contributed by atoms with E-state index in [4.69, 9.17) is 14.2 Å². The Morgan fingerprint density at radius 3 is 2.33 bits per heavy atom. The van der Waals surface area contributed by atoms with Gasteiger partial charge in [0.15, 0.2) is 17.3 Å². The first-order valence-corrected chi connectivity index (χ1v) is 12.1. The average molecular weight is 513 g/mol. The summed E-state index contributed by atoms with van der Waals surface area (Å²) in [6, 6.07) is 2.53. The molecule has 0 bridgehead atoms. The van der Waals surface area contributed by atoms with Gasteiger partial charge in [-0.1, -0.05) is 0 Å². The van der Waals surface area contributed by atoms with Crippen molar-refractivity contribution in [3.05, 3.63) is 63.3 Å². The van der Waals surface area contributed by atoms with E-state index < -0.39 is 23.5 Å². The second-order valence-electron chi connectivity index (χ2n) is 8.25. The first kappa shape index (κ1) is 25.2. The molecule has 1 aliphatic rings. The van der Waals surface area contributed by atoms with Gasteiger partial charge in [-0.15, -0.1) is 11.3 Å². The molecule has 0 spiro atoms. The van der Waals surface area contributed by atoms with Gasteiger partial charge in [0.05, 0.1) is 54.9 Å². The van der Waals surface area contributed by atoms with Crippen molar-refractivity contribution in [3.8, 4) is 17.2 Å². The number of hydrogen-bond acceptors (Lipinski definition) is 9. The lowest BCUT2D eigenvalue weighted by Crippen LogP contribution is -2.32. The number of amides is 1. The van der Waals surface area contributed by atoms with Crippen molar-refractivity contribution >= 4 is 23.0 Å². The van der Waals surface area contributed by atoms with E-state index in [1.807, 2.05) is 17.7 Å². The molecule has 0 radical (unpaired) electrons. The Morgan fingerprint density at radius 1 is 1.11 bits per heavy atom. The fourth-order valence-corrected chi connectivity index (χ4v) is 5.30. The van der Waals surface area contributed by atoms with Crippen LogP contribution in [0.2, 0.25) is 0 Å². The molecule has 4 rings (SSSR count). The predicted octanol–water partition coefficient (Wildman–Crippen LogP) is 3.65. The second kappa shape index (κ2) is 10.4. The highest BCUT2D eigenvalue weighted by Gasteiger charge is 2.44. The van der Waals surface area contributed by atoms with E-state index in [-0.39, 0.29) is 5.57 Å². The topological polar surface area (TPSA) is 116 Å². The van der Waals surface area contributed by atoms with E-state index in [9.17, 15) is 14.7 Å². The van der Waals surface area contributed by atoms with Gasteiger partial charge in [-0.2, -0.15) is 0 Å².